The Labute approximate surface area is 135 Å². The lowest BCUT2D eigenvalue weighted by Gasteiger charge is -2.11. The molecule has 1 heterocycles. The molecule has 0 radical (unpaired) electrons. The van der Waals surface area contributed by atoms with Crippen molar-refractivity contribution >= 4 is 15.9 Å². The van der Waals surface area contributed by atoms with Crippen molar-refractivity contribution in [3.8, 4) is 0 Å². The summed E-state index contributed by atoms with van der Waals surface area (Å²) in [5, 5.41) is 2.77. The number of carbonyl (C=O) groups is 1. The van der Waals surface area contributed by atoms with Crippen LogP contribution in [0.5, 0.6) is 0 Å². The lowest BCUT2D eigenvalue weighted by molar-refractivity contribution is 0.0954. The van der Waals surface area contributed by atoms with E-state index in [1.165, 1.54) is 44.7 Å². The zero-order valence-electron chi connectivity index (χ0n) is 12.9. The van der Waals surface area contributed by atoms with Crippen LogP contribution in [-0.4, -0.2) is 49.2 Å². The van der Waals surface area contributed by atoms with Gasteiger partial charge in [-0.1, -0.05) is 0 Å². The molecule has 1 N–H and O–H groups in total. The summed E-state index contributed by atoms with van der Waals surface area (Å²) in [7, 11) is -0.561. The highest BCUT2D eigenvalue weighted by Gasteiger charge is 2.17. The van der Waals surface area contributed by atoms with E-state index in [4.69, 9.17) is 0 Å². The molecule has 122 valence electrons. The first-order valence-electron chi connectivity index (χ1n) is 6.96. The van der Waals surface area contributed by atoms with Crippen molar-refractivity contribution in [2.45, 2.75) is 11.3 Å². The van der Waals surface area contributed by atoms with Gasteiger partial charge in [-0.15, -0.1) is 0 Å². The van der Waals surface area contributed by atoms with Gasteiger partial charge in [0.05, 0.1) is 4.90 Å². The minimum absolute atomic E-state index is 0.153. The molecule has 2 aromatic rings. The Kier molecular flexibility index (Phi) is 5.41. The number of carbonyl (C=O) groups excluding carboxylic acids is 1. The van der Waals surface area contributed by atoms with E-state index in [-0.39, 0.29) is 10.8 Å². The molecule has 0 fully saturated rings. The van der Waals surface area contributed by atoms with Crippen LogP contribution in [0, 0.1) is 0 Å². The Morgan fingerprint density at radius 3 is 2.30 bits per heavy atom. The van der Waals surface area contributed by atoms with Crippen LogP contribution >= 0.6 is 0 Å². The first-order valence-corrected chi connectivity index (χ1v) is 8.40. The summed E-state index contributed by atoms with van der Waals surface area (Å²) in [5.74, 6) is -0.254. The maximum atomic E-state index is 12.0. The number of nitrogens with zero attached hydrogens (tertiary/aromatic N) is 3. The minimum atomic E-state index is -3.48. The second-order valence-electron chi connectivity index (χ2n) is 5.06. The number of benzene rings is 1. The number of amides is 1. The number of rotatable bonds is 6. The summed E-state index contributed by atoms with van der Waals surface area (Å²) in [6.07, 6.45) is 5.46. The molecule has 0 aliphatic rings. The molecule has 0 unspecified atom stereocenters. The highest BCUT2D eigenvalue weighted by atomic mass is 32.2. The smallest absolute Gasteiger partial charge is 0.251 e. The van der Waals surface area contributed by atoms with Gasteiger partial charge in [0.2, 0.25) is 10.0 Å². The first kappa shape index (κ1) is 17.0. The third-order valence-corrected chi connectivity index (χ3v) is 5.04. The standard InChI is InChI=1S/C15H18N4O3S/c1-19(2)23(21,22)14-5-3-13(4-6-14)15(20)18-8-7-12-9-16-11-17-10-12/h3-6,9-11H,7-8H2,1-2H3,(H,18,20). The van der Waals surface area contributed by atoms with E-state index >= 15 is 0 Å². The fourth-order valence-corrected chi connectivity index (χ4v) is 2.77. The highest BCUT2D eigenvalue weighted by molar-refractivity contribution is 7.89. The molecular weight excluding hydrogens is 316 g/mol. The van der Waals surface area contributed by atoms with Crippen molar-refractivity contribution < 1.29 is 13.2 Å². The van der Waals surface area contributed by atoms with Crippen molar-refractivity contribution in [3.05, 3.63) is 54.1 Å². The Bertz CT molecular complexity index is 759. The van der Waals surface area contributed by atoms with Crippen molar-refractivity contribution in [2.24, 2.45) is 0 Å². The second-order valence-corrected chi connectivity index (χ2v) is 7.22. The Hall–Kier alpha value is -2.32. The summed E-state index contributed by atoms with van der Waals surface area (Å²) in [4.78, 5) is 20.0. The molecular formula is C15H18N4O3S. The quantitative estimate of drug-likeness (QED) is 0.839. The molecule has 0 spiro atoms. The number of nitrogens with one attached hydrogen (secondary N) is 1. The summed E-state index contributed by atoms with van der Waals surface area (Å²) < 4.78 is 25.0. The molecule has 2 rings (SSSR count). The van der Waals surface area contributed by atoms with Crippen molar-refractivity contribution in [1.29, 1.82) is 0 Å². The molecule has 1 amide bonds. The SMILES string of the molecule is CN(C)S(=O)(=O)c1ccc(C(=O)NCCc2cncnc2)cc1. The van der Waals surface area contributed by atoms with Crippen LogP contribution in [0.25, 0.3) is 0 Å². The first-order chi connectivity index (χ1) is 10.9. The van der Waals surface area contributed by atoms with Crippen molar-refractivity contribution in [3.63, 3.8) is 0 Å². The maximum Gasteiger partial charge on any atom is 0.251 e. The third kappa shape index (κ3) is 4.33. The number of hydrogen-bond acceptors (Lipinski definition) is 5. The van der Waals surface area contributed by atoms with Crippen LogP contribution in [0.2, 0.25) is 0 Å². The van der Waals surface area contributed by atoms with Gasteiger partial charge < -0.3 is 5.32 Å². The zero-order valence-corrected chi connectivity index (χ0v) is 13.7. The van der Waals surface area contributed by atoms with E-state index in [9.17, 15) is 13.2 Å². The normalized spacial score (nSPS) is 11.4. The molecule has 23 heavy (non-hydrogen) atoms. The van der Waals surface area contributed by atoms with E-state index in [0.29, 0.717) is 18.5 Å². The Morgan fingerprint density at radius 1 is 1.13 bits per heavy atom. The predicted molar refractivity (Wildman–Crippen MR) is 85.4 cm³/mol. The van der Waals surface area contributed by atoms with Crippen LogP contribution in [0.3, 0.4) is 0 Å². The van der Waals surface area contributed by atoms with Gasteiger partial charge in [0.25, 0.3) is 5.91 Å². The molecule has 1 aromatic heterocycles. The number of hydrogen-bond donors (Lipinski definition) is 1. The minimum Gasteiger partial charge on any atom is -0.352 e. The molecule has 0 saturated carbocycles. The summed E-state index contributed by atoms with van der Waals surface area (Å²) in [6, 6.07) is 5.85. The molecule has 8 heteroatoms. The van der Waals surface area contributed by atoms with E-state index < -0.39 is 10.0 Å². The molecule has 7 nitrogen and oxygen atoms in total. The molecule has 0 aliphatic heterocycles. The molecule has 0 saturated heterocycles. The monoisotopic (exact) mass is 334 g/mol. The lowest BCUT2D eigenvalue weighted by Crippen LogP contribution is -2.26. The van der Waals surface area contributed by atoms with Crippen molar-refractivity contribution in [2.75, 3.05) is 20.6 Å². The molecule has 0 bridgehead atoms. The second kappa shape index (κ2) is 7.30. The van der Waals surface area contributed by atoms with E-state index in [0.717, 1.165) is 9.87 Å². The lowest BCUT2D eigenvalue weighted by atomic mass is 10.2. The number of aromatic nitrogens is 2. The van der Waals surface area contributed by atoms with E-state index in [1.807, 2.05) is 0 Å². The van der Waals surface area contributed by atoms with Crippen molar-refractivity contribution in [1.82, 2.24) is 19.6 Å². The van der Waals surface area contributed by atoms with Crippen LogP contribution in [0.4, 0.5) is 0 Å². The van der Waals surface area contributed by atoms with Gasteiger partial charge in [-0.2, -0.15) is 0 Å². The largest absolute Gasteiger partial charge is 0.352 e. The van der Waals surface area contributed by atoms with E-state index in [1.54, 1.807) is 12.4 Å². The average molecular weight is 334 g/mol. The summed E-state index contributed by atoms with van der Waals surface area (Å²) in [5.41, 5.74) is 1.34. The highest BCUT2D eigenvalue weighted by Crippen LogP contribution is 2.13. The average Bonchev–Trinajstić information content (AvgIpc) is 2.55. The van der Waals surface area contributed by atoms with Gasteiger partial charge in [-0.3, -0.25) is 4.79 Å². The van der Waals surface area contributed by atoms with E-state index in [2.05, 4.69) is 15.3 Å². The van der Waals surface area contributed by atoms with Gasteiger partial charge in [-0.05, 0) is 36.2 Å². The Balaban J connectivity index is 1.95. The van der Waals surface area contributed by atoms with Gasteiger partial charge >= 0.3 is 0 Å². The summed E-state index contributed by atoms with van der Waals surface area (Å²) in [6.45, 7) is 0.448. The fourth-order valence-electron chi connectivity index (χ4n) is 1.87. The topological polar surface area (TPSA) is 92.3 Å². The third-order valence-electron chi connectivity index (χ3n) is 3.21. The summed E-state index contributed by atoms with van der Waals surface area (Å²) >= 11 is 0. The van der Waals surface area contributed by atoms with Crippen LogP contribution in [-0.2, 0) is 16.4 Å². The van der Waals surface area contributed by atoms with Gasteiger partial charge in [-0.25, -0.2) is 22.7 Å². The van der Waals surface area contributed by atoms with Crippen LogP contribution in [0.15, 0.2) is 47.9 Å². The predicted octanol–water partition coefficient (Wildman–Crippen LogP) is 0.699. The van der Waals surface area contributed by atoms with Gasteiger partial charge in [0.15, 0.2) is 0 Å². The molecule has 0 aliphatic carbocycles. The fraction of sp³-hybridized carbons (Fsp3) is 0.267. The Morgan fingerprint density at radius 2 is 1.74 bits per heavy atom. The molecule has 0 atom stereocenters. The number of sulfonamides is 1. The van der Waals surface area contributed by atoms with Crippen LogP contribution in [0.1, 0.15) is 15.9 Å². The zero-order chi connectivity index (χ0) is 16.9. The molecule has 1 aromatic carbocycles. The maximum absolute atomic E-state index is 12.0. The van der Waals surface area contributed by atoms with Gasteiger partial charge in [0, 0.05) is 38.6 Å². The van der Waals surface area contributed by atoms with Gasteiger partial charge in [0.1, 0.15) is 6.33 Å². The van der Waals surface area contributed by atoms with Crippen LogP contribution < -0.4 is 5.32 Å².